The van der Waals surface area contributed by atoms with Gasteiger partial charge < -0.3 is 19.6 Å². The van der Waals surface area contributed by atoms with Crippen molar-refractivity contribution in [1.82, 2.24) is 19.6 Å². The summed E-state index contributed by atoms with van der Waals surface area (Å²) in [5, 5.41) is 14.5. The van der Waals surface area contributed by atoms with Gasteiger partial charge >= 0.3 is 0 Å². The first kappa shape index (κ1) is 24.2. The average Bonchev–Trinajstić information content (AvgIpc) is 3.20. The number of nitrogens with zero attached hydrogens (tertiary/aromatic N) is 3. The molecule has 1 atom stereocenters. The Morgan fingerprint density at radius 2 is 1.89 bits per heavy atom. The van der Waals surface area contributed by atoms with Crippen LogP contribution in [0.15, 0.2) is 59.4 Å². The Kier molecular flexibility index (Phi) is 7.62. The van der Waals surface area contributed by atoms with Gasteiger partial charge in [-0.05, 0) is 43.0 Å². The van der Waals surface area contributed by atoms with E-state index in [1.165, 1.54) is 0 Å². The van der Waals surface area contributed by atoms with Crippen LogP contribution in [-0.4, -0.2) is 45.5 Å². The van der Waals surface area contributed by atoms with E-state index < -0.39 is 0 Å². The normalized spacial score (nSPS) is 12.3. The summed E-state index contributed by atoms with van der Waals surface area (Å²) < 4.78 is 12.3. The molecule has 0 radical (unpaired) electrons. The second kappa shape index (κ2) is 11.0. The SMILES string of the molecule is COc1ccc(Cc2nn3c(C(CC=Cc4ccccc4)CCO)nc(C)c3c(=O)[nH]2)cc1OC. The van der Waals surface area contributed by atoms with Crippen LogP contribution in [0.3, 0.4) is 0 Å². The standard InChI is InChI=1S/C27H30N4O4/c1-18-25-27(33)29-24(17-20-12-13-22(34-2)23(16-20)35-3)30-31(25)26(28-18)21(14-15-32)11-7-10-19-8-5-4-6-9-19/h4-10,12-13,16,21,32H,11,14-15,17H2,1-3H3,(H,29,30,33). The molecule has 0 aliphatic carbocycles. The van der Waals surface area contributed by atoms with E-state index in [-0.39, 0.29) is 18.1 Å². The van der Waals surface area contributed by atoms with E-state index in [4.69, 9.17) is 19.6 Å². The number of aryl methyl sites for hydroxylation is 1. The van der Waals surface area contributed by atoms with Crippen LogP contribution in [0.4, 0.5) is 0 Å². The van der Waals surface area contributed by atoms with Gasteiger partial charge in [-0.1, -0.05) is 48.6 Å². The summed E-state index contributed by atoms with van der Waals surface area (Å²) in [6.45, 7) is 1.82. The molecule has 4 aromatic rings. The summed E-state index contributed by atoms with van der Waals surface area (Å²) in [5.74, 6) is 2.33. The van der Waals surface area contributed by atoms with Crippen LogP contribution in [-0.2, 0) is 6.42 Å². The zero-order valence-electron chi connectivity index (χ0n) is 20.2. The fourth-order valence-electron chi connectivity index (χ4n) is 4.21. The molecule has 0 spiro atoms. The predicted octanol–water partition coefficient (Wildman–Crippen LogP) is 3.90. The number of hydrogen-bond acceptors (Lipinski definition) is 6. The highest BCUT2D eigenvalue weighted by atomic mass is 16.5. The summed E-state index contributed by atoms with van der Waals surface area (Å²) in [4.78, 5) is 20.5. The Morgan fingerprint density at radius 1 is 1.11 bits per heavy atom. The molecule has 0 aliphatic heterocycles. The zero-order valence-corrected chi connectivity index (χ0v) is 20.2. The van der Waals surface area contributed by atoms with E-state index >= 15 is 0 Å². The van der Waals surface area contributed by atoms with Crippen molar-refractivity contribution in [3.8, 4) is 11.5 Å². The number of H-pyrrole nitrogens is 1. The number of aliphatic hydroxyl groups excluding tert-OH is 1. The number of aromatic amines is 1. The summed E-state index contributed by atoms with van der Waals surface area (Å²) >= 11 is 0. The Hall–Kier alpha value is -3.91. The topological polar surface area (TPSA) is 102 Å². The maximum Gasteiger partial charge on any atom is 0.277 e. The van der Waals surface area contributed by atoms with E-state index in [0.717, 1.165) is 11.1 Å². The second-order valence-corrected chi connectivity index (χ2v) is 8.34. The van der Waals surface area contributed by atoms with Gasteiger partial charge in [0.05, 0.1) is 19.9 Å². The van der Waals surface area contributed by atoms with Gasteiger partial charge in [0.25, 0.3) is 5.56 Å². The number of ether oxygens (including phenoxy) is 2. The lowest BCUT2D eigenvalue weighted by molar-refractivity contribution is 0.273. The number of allylic oxidation sites excluding steroid dienone is 1. The Labute approximate surface area is 203 Å². The molecule has 0 aliphatic rings. The monoisotopic (exact) mass is 474 g/mol. The van der Waals surface area contributed by atoms with Gasteiger partial charge in [0.1, 0.15) is 11.6 Å². The first-order valence-corrected chi connectivity index (χ1v) is 11.6. The van der Waals surface area contributed by atoms with Crippen molar-refractivity contribution in [1.29, 1.82) is 0 Å². The largest absolute Gasteiger partial charge is 0.493 e. The lowest BCUT2D eigenvalue weighted by Gasteiger charge is -2.13. The zero-order chi connectivity index (χ0) is 24.8. The highest BCUT2D eigenvalue weighted by molar-refractivity contribution is 5.51. The smallest absolute Gasteiger partial charge is 0.277 e. The van der Waals surface area contributed by atoms with Gasteiger partial charge in [0.15, 0.2) is 17.0 Å². The van der Waals surface area contributed by atoms with E-state index in [0.29, 0.717) is 53.6 Å². The van der Waals surface area contributed by atoms with Crippen molar-refractivity contribution in [2.24, 2.45) is 0 Å². The van der Waals surface area contributed by atoms with Gasteiger partial charge in [-0.3, -0.25) is 4.79 Å². The van der Waals surface area contributed by atoms with Crippen molar-refractivity contribution in [3.63, 3.8) is 0 Å². The molecule has 2 heterocycles. The van der Waals surface area contributed by atoms with Gasteiger partial charge in [-0.2, -0.15) is 5.10 Å². The minimum absolute atomic E-state index is 0.0134. The third-order valence-electron chi connectivity index (χ3n) is 5.94. The lowest BCUT2D eigenvalue weighted by atomic mass is 10.00. The fourth-order valence-corrected chi connectivity index (χ4v) is 4.21. The summed E-state index contributed by atoms with van der Waals surface area (Å²) in [5.41, 5.74) is 2.81. The minimum atomic E-state index is -0.241. The maximum atomic E-state index is 13.0. The molecule has 8 nitrogen and oxygen atoms in total. The van der Waals surface area contributed by atoms with Crippen LogP contribution in [0.5, 0.6) is 11.5 Å². The van der Waals surface area contributed by atoms with Crippen molar-refractivity contribution < 1.29 is 14.6 Å². The van der Waals surface area contributed by atoms with Crippen molar-refractivity contribution >= 4 is 11.6 Å². The molecule has 0 saturated heterocycles. The summed E-state index contributed by atoms with van der Waals surface area (Å²) in [6.07, 6.45) is 5.70. The number of methoxy groups -OCH3 is 2. The van der Waals surface area contributed by atoms with Crippen molar-refractivity contribution in [2.45, 2.75) is 32.1 Å². The van der Waals surface area contributed by atoms with Crippen LogP contribution < -0.4 is 15.0 Å². The minimum Gasteiger partial charge on any atom is -0.493 e. The maximum absolute atomic E-state index is 13.0. The van der Waals surface area contributed by atoms with Crippen LogP contribution in [0, 0.1) is 6.92 Å². The number of imidazole rings is 1. The molecular formula is C27H30N4O4. The Morgan fingerprint density at radius 3 is 2.60 bits per heavy atom. The molecule has 2 aromatic carbocycles. The molecule has 182 valence electrons. The first-order chi connectivity index (χ1) is 17.0. The van der Waals surface area contributed by atoms with E-state index in [9.17, 15) is 9.90 Å². The van der Waals surface area contributed by atoms with Crippen molar-refractivity contribution in [2.75, 3.05) is 20.8 Å². The molecule has 35 heavy (non-hydrogen) atoms. The van der Waals surface area contributed by atoms with Crippen LogP contribution in [0.1, 0.15) is 47.2 Å². The quantitative estimate of drug-likeness (QED) is 0.361. The molecule has 2 N–H and O–H groups in total. The molecule has 1 unspecified atom stereocenters. The van der Waals surface area contributed by atoms with Crippen LogP contribution in [0.2, 0.25) is 0 Å². The number of benzene rings is 2. The Balaban J connectivity index is 1.67. The molecule has 8 heteroatoms. The second-order valence-electron chi connectivity index (χ2n) is 8.34. The lowest BCUT2D eigenvalue weighted by Crippen LogP contribution is -2.19. The summed E-state index contributed by atoms with van der Waals surface area (Å²) in [6, 6.07) is 15.6. The molecule has 0 amide bonds. The predicted molar refractivity (Wildman–Crippen MR) is 135 cm³/mol. The first-order valence-electron chi connectivity index (χ1n) is 11.6. The van der Waals surface area contributed by atoms with Gasteiger partial charge in [0, 0.05) is 18.9 Å². The third-order valence-corrected chi connectivity index (χ3v) is 5.94. The molecule has 0 fully saturated rings. The van der Waals surface area contributed by atoms with Crippen molar-refractivity contribution in [3.05, 3.63) is 93.4 Å². The number of hydrogen-bond donors (Lipinski definition) is 2. The third kappa shape index (κ3) is 5.44. The number of fused-ring (bicyclic) bond motifs is 1. The van der Waals surface area contributed by atoms with E-state index in [2.05, 4.69) is 17.1 Å². The van der Waals surface area contributed by atoms with Gasteiger partial charge in [0.2, 0.25) is 0 Å². The van der Waals surface area contributed by atoms with Crippen LogP contribution >= 0.6 is 0 Å². The number of nitrogens with one attached hydrogen (secondary N) is 1. The van der Waals surface area contributed by atoms with E-state index in [1.54, 1.807) is 25.7 Å². The highest BCUT2D eigenvalue weighted by Crippen LogP contribution is 2.28. The number of aromatic nitrogens is 4. The van der Waals surface area contributed by atoms with Gasteiger partial charge in [-0.15, -0.1) is 0 Å². The molecular weight excluding hydrogens is 444 g/mol. The fraction of sp³-hybridized carbons (Fsp3) is 0.296. The Bertz CT molecular complexity index is 1380. The highest BCUT2D eigenvalue weighted by Gasteiger charge is 2.21. The van der Waals surface area contributed by atoms with Crippen LogP contribution in [0.25, 0.3) is 11.6 Å². The number of rotatable bonds is 10. The molecule has 2 aromatic heterocycles. The molecule has 4 rings (SSSR count). The van der Waals surface area contributed by atoms with E-state index in [1.807, 2.05) is 48.5 Å². The number of aliphatic hydroxyl groups is 1. The molecule has 0 saturated carbocycles. The average molecular weight is 475 g/mol. The molecule has 0 bridgehead atoms. The van der Waals surface area contributed by atoms with Gasteiger partial charge in [-0.25, -0.2) is 9.50 Å². The summed E-state index contributed by atoms with van der Waals surface area (Å²) in [7, 11) is 3.17.